The smallest absolute Gasteiger partial charge is 0.307 e. The van der Waals surface area contributed by atoms with Crippen molar-refractivity contribution in [3.63, 3.8) is 0 Å². The summed E-state index contributed by atoms with van der Waals surface area (Å²) in [7, 11) is 0. The number of hydrogen-bond acceptors (Lipinski definition) is 6. The first kappa shape index (κ1) is 24.5. The number of carbonyl (C=O) groups excluding carboxylic acids is 2. The van der Waals surface area contributed by atoms with Gasteiger partial charge in [-0.2, -0.15) is 5.26 Å². The summed E-state index contributed by atoms with van der Waals surface area (Å²) in [5.41, 5.74) is -0.324. The minimum Gasteiger partial charge on any atom is -0.438 e. The van der Waals surface area contributed by atoms with Gasteiger partial charge in [-0.25, -0.2) is 0 Å². The number of esters is 1. The Labute approximate surface area is 198 Å². The van der Waals surface area contributed by atoms with Crippen LogP contribution in [0, 0.1) is 23.2 Å². The fraction of sp³-hybridized carbons (Fsp3) is 0.885. The van der Waals surface area contributed by atoms with Crippen LogP contribution < -0.4 is 5.32 Å². The molecule has 7 heteroatoms. The molecule has 1 amide bonds. The second-order valence-electron chi connectivity index (χ2n) is 11.1. The summed E-state index contributed by atoms with van der Waals surface area (Å²) in [4.78, 5) is 26.6. The van der Waals surface area contributed by atoms with Gasteiger partial charge in [0.25, 0.3) is 0 Å². The standard InChI is InChI=1S/C26H41N3O4/c1-2-3-4-5-6-9-24(31)32-19-33-26-14-20-11-21(15-26)13-25(12-20,18-26)28-17-23(30)29-10-7-8-22(29)16-27/h20-22,28H,2-15,17-19H2,1H3/t20?,21?,22-,25?,26?/m0/s1. The molecule has 5 rings (SSSR count). The third-order valence-electron chi connectivity index (χ3n) is 8.41. The average molecular weight is 460 g/mol. The third-order valence-corrected chi connectivity index (χ3v) is 8.41. The molecular weight excluding hydrogens is 418 g/mol. The molecular formula is C26H41N3O4. The molecule has 4 aliphatic carbocycles. The van der Waals surface area contributed by atoms with Gasteiger partial charge in [-0.15, -0.1) is 0 Å². The van der Waals surface area contributed by atoms with Crippen LogP contribution in [0.5, 0.6) is 0 Å². The van der Waals surface area contributed by atoms with Crippen molar-refractivity contribution in [3.8, 4) is 6.07 Å². The van der Waals surface area contributed by atoms with Gasteiger partial charge in [-0.1, -0.05) is 32.6 Å². The molecule has 0 aromatic heterocycles. The fourth-order valence-corrected chi connectivity index (χ4v) is 7.28. The normalized spacial score (nSPS) is 34.4. The van der Waals surface area contributed by atoms with Gasteiger partial charge < -0.3 is 19.7 Å². The maximum absolute atomic E-state index is 12.8. The Bertz CT molecular complexity index is 734. The Morgan fingerprint density at radius 3 is 2.61 bits per heavy atom. The fourth-order valence-electron chi connectivity index (χ4n) is 7.28. The van der Waals surface area contributed by atoms with Gasteiger partial charge in [0.2, 0.25) is 5.91 Å². The van der Waals surface area contributed by atoms with E-state index in [9.17, 15) is 14.9 Å². The van der Waals surface area contributed by atoms with E-state index in [1.165, 1.54) is 25.7 Å². The Morgan fingerprint density at radius 2 is 1.88 bits per heavy atom. The van der Waals surface area contributed by atoms with Gasteiger partial charge in [0, 0.05) is 18.5 Å². The zero-order valence-corrected chi connectivity index (χ0v) is 20.3. The van der Waals surface area contributed by atoms with E-state index in [-0.39, 0.29) is 35.9 Å². The molecule has 5 aliphatic rings. The summed E-state index contributed by atoms with van der Waals surface area (Å²) in [6.45, 7) is 3.21. The number of rotatable bonds is 12. The number of hydrogen-bond donors (Lipinski definition) is 1. The van der Waals surface area contributed by atoms with Crippen LogP contribution in [-0.2, 0) is 19.1 Å². The summed E-state index contributed by atoms with van der Waals surface area (Å²) in [6, 6.07) is 1.99. The van der Waals surface area contributed by atoms with E-state index in [0.29, 0.717) is 31.3 Å². The first-order chi connectivity index (χ1) is 16.0. The van der Waals surface area contributed by atoms with Gasteiger partial charge in [-0.05, 0) is 69.6 Å². The van der Waals surface area contributed by atoms with Crippen LogP contribution in [0.1, 0.15) is 96.8 Å². The maximum Gasteiger partial charge on any atom is 0.307 e. The summed E-state index contributed by atoms with van der Waals surface area (Å²) in [5, 5.41) is 12.9. The van der Waals surface area contributed by atoms with Crippen LogP contribution in [0.15, 0.2) is 0 Å². The van der Waals surface area contributed by atoms with E-state index in [0.717, 1.165) is 57.8 Å². The zero-order chi connectivity index (χ0) is 23.3. The van der Waals surface area contributed by atoms with Gasteiger partial charge >= 0.3 is 5.97 Å². The molecule has 1 aliphatic heterocycles. The molecule has 2 unspecified atom stereocenters. The van der Waals surface area contributed by atoms with Gasteiger partial charge in [0.05, 0.1) is 18.2 Å². The molecule has 1 saturated heterocycles. The lowest BCUT2D eigenvalue weighted by Gasteiger charge is -2.61. The lowest BCUT2D eigenvalue weighted by Crippen LogP contribution is -2.66. The first-order valence-electron chi connectivity index (χ1n) is 13.2. The summed E-state index contributed by atoms with van der Waals surface area (Å²) < 4.78 is 11.7. The van der Waals surface area contributed by atoms with Crippen LogP contribution in [0.3, 0.4) is 0 Å². The van der Waals surface area contributed by atoms with Crippen molar-refractivity contribution in [1.82, 2.24) is 10.2 Å². The molecule has 0 aromatic carbocycles. The number of unbranched alkanes of at least 4 members (excludes halogenated alkanes) is 4. The maximum atomic E-state index is 12.8. The van der Waals surface area contributed by atoms with E-state index >= 15 is 0 Å². The largest absolute Gasteiger partial charge is 0.438 e. The summed E-state index contributed by atoms with van der Waals surface area (Å²) in [6.07, 6.45) is 14.1. The van der Waals surface area contributed by atoms with Crippen molar-refractivity contribution in [3.05, 3.63) is 0 Å². The van der Waals surface area contributed by atoms with Crippen molar-refractivity contribution in [2.75, 3.05) is 19.9 Å². The van der Waals surface area contributed by atoms with E-state index < -0.39 is 0 Å². The van der Waals surface area contributed by atoms with Crippen LogP contribution in [-0.4, -0.2) is 53.8 Å². The predicted molar refractivity (Wildman–Crippen MR) is 124 cm³/mol. The van der Waals surface area contributed by atoms with Crippen molar-refractivity contribution in [1.29, 1.82) is 5.26 Å². The van der Waals surface area contributed by atoms with E-state index in [1.54, 1.807) is 4.90 Å². The topological polar surface area (TPSA) is 91.7 Å². The van der Waals surface area contributed by atoms with Gasteiger partial charge in [0.15, 0.2) is 6.79 Å². The highest BCUT2D eigenvalue weighted by atomic mass is 16.7. The lowest BCUT2D eigenvalue weighted by atomic mass is 9.51. The summed E-state index contributed by atoms with van der Waals surface area (Å²) >= 11 is 0. The Balaban J connectivity index is 1.26. The van der Waals surface area contributed by atoms with Gasteiger partial charge in [-0.3, -0.25) is 9.59 Å². The molecule has 4 saturated carbocycles. The van der Waals surface area contributed by atoms with Crippen LogP contribution in [0.25, 0.3) is 0 Å². The molecule has 0 radical (unpaired) electrons. The molecule has 0 aromatic rings. The monoisotopic (exact) mass is 459 g/mol. The number of likely N-dealkylation sites (tertiary alicyclic amines) is 1. The average Bonchev–Trinajstić information content (AvgIpc) is 3.25. The SMILES string of the molecule is CCCCCCCC(=O)OCOC12CC3CC(CC(NCC(=O)N4CCC[C@H]4C#N)(C3)C1)C2. The van der Waals surface area contributed by atoms with Crippen molar-refractivity contribution in [2.45, 2.75) is 114 Å². The molecule has 5 fully saturated rings. The van der Waals surface area contributed by atoms with Crippen LogP contribution in [0.2, 0.25) is 0 Å². The second-order valence-corrected chi connectivity index (χ2v) is 11.1. The molecule has 33 heavy (non-hydrogen) atoms. The number of carbonyl (C=O) groups is 2. The minimum atomic E-state index is -0.272. The van der Waals surface area contributed by atoms with Crippen molar-refractivity contribution in [2.24, 2.45) is 11.8 Å². The predicted octanol–water partition coefficient (Wildman–Crippen LogP) is 4.06. The van der Waals surface area contributed by atoms with E-state index in [2.05, 4.69) is 18.3 Å². The molecule has 1 N–H and O–H groups in total. The molecule has 0 spiro atoms. The number of nitrogens with one attached hydrogen (secondary N) is 1. The molecule has 1 heterocycles. The van der Waals surface area contributed by atoms with Gasteiger partial charge in [0.1, 0.15) is 6.04 Å². The number of amides is 1. The first-order valence-corrected chi connectivity index (χ1v) is 13.2. The lowest BCUT2D eigenvalue weighted by molar-refractivity contribution is -0.217. The molecule has 3 atom stereocenters. The van der Waals surface area contributed by atoms with Crippen LogP contribution >= 0.6 is 0 Å². The molecule has 7 nitrogen and oxygen atoms in total. The molecule has 4 bridgehead atoms. The highest BCUT2D eigenvalue weighted by molar-refractivity contribution is 5.79. The van der Waals surface area contributed by atoms with Crippen LogP contribution in [0.4, 0.5) is 0 Å². The quantitative estimate of drug-likeness (QED) is 0.269. The summed E-state index contributed by atoms with van der Waals surface area (Å²) in [5.74, 6) is 1.08. The van der Waals surface area contributed by atoms with Crippen molar-refractivity contribution < 1.29 is 19.1 Å². The van der Waals surface area contributed by atoms with E-state index in [1.807, 2.05) is 0 Å². The highest BCUT2D eigenvalue weighted by Crippen LogP contribution is 2.58. The second kappa shape index (κ2) is 10.7. The Morgan fingerprint density at radius 1 is 1.12 bits per heavy atom. The Hall–Kier alpha value is -1.65. The number of nitrogens with zero attached hydrogens (tertiary/aromatic N) is 2. The molecule has 184 valence electrons. The number of nitriles is 1. The van der Waals surface area contributed by atoms with E-state index in [4.69, 9.17) is 9.47 Å². The Kier molecular flexibility index (Phi) is 7.96. The minimum absolute atomic E-state index is 0.0395. The zero-order valence-electron chi connectivity index (χ0n) is 20.3. The van der Waals surface area contributed by atoms with Crippen molar-refractivity contribution >= 4 is 11.9 Å². The highest BCUT2D eigenvalue weighted by Gasteiger charge is 2.58. The third kappa shape index (κ3) is 5.89. The number of ether oxygens (including phenoxy) is 2.